The van der Waals surface area contributed by atoms with Gasteiger partial charge in [0.2, 0.25) is 0 Å². The lowest BCUT2D eigenvalue weighted by Crippen LogP contribution is -2.10. The predicted octanol–water partition coefficient (Wildman–Crippen LogP) is 2.03. The van der Waals surface area contributed by atoms with Crippen molar-refractivity contribution in [1.29, 1.82) is 0 Å². The molecule has 2 aromatic rings. The Hall–Kier alpha value is -2.56. The fraction of sp³-hybridized carbons (Fsp3) is 0.143. The smallest absolute Gasteiger partial charge is 0.344 e. The number of carbonyl (C=O) groups excluding carboxylic acids is 1. The van der Waals surface area contributed by atoms with Crippen molar-refractivity contribution in [3.05, 3.63) is 53.9 Å². The molecule has 19 heavy (non-hydrogen) atoms. The summed E-state index contributed by atoms with van der Waals surface area (Å²) in [6.07, 6.45) is 3.29. The van der Waals surface area contributed by atoms with Crippen molar-refractivity contribution in [2.45, 2.75) is 6.61 Å². The van der Waals surface area contributed by atoms with Crippen molar-refractivity contribution >= 4 is 11.7 Å². The van der Waals surface area contributed by atoms with E-state index in [-0.39, 0.29) is 12.2 Å². The van der Waals surface area contributed by atoms with Gasteiger partial charge in [0, 0.05) is 23.6 Å². The second-order valence-electron chi connectivity index (χ2n) is 3.86. The molecule has 0 saturated carbocycles. The van der Waals surface area contributed by atoms with Gasteiger partial charge in [0.15, 0.2) is 0 Å². The fourth-order valence-electron chi connectivity index (χ4n) is 1.64. The summed E-state index contributed by atoms with van der Waals surface area (Å²) >= 11 is 0. The zero-order valence-corrected chi connectivity index (χ0v) is 10.5. The van der Waals surface area contributed by atoms with Crippen molar-refractivity contribution in [3.8, 4) is 5.75 Å². The van der Waals surface area contributed by atoms with Crippen molar-refractivity contribution in [2.24, 2.45) is 0 Å². The molecule has 0 fully saturated rings. The highest BCUT2D eigenvalue weighted by molar-refractivity contribution is 5.98. The number of hydrogen-bond donors (Lipinski definition) is 1. The van der Waals surface area contributed by atoms with E-state index in [9.17, 15) is 4.79 Å². The van der Waals surface area contributed by atoms with Gasteiger partial charge in [0.25, 0.3) is 0 Å². The van der Waals surface area contributed by atoms with Crippen LogP contribution in [-0.2, 0) is 11.3 Å². The summed E-state index contributed by atoms with van der Waals surface area (Å²) in [5.74, 6) is -0.116. The van der Waals surface area contributed by atoms with Gasteiger partial charge in [-0.05, 0) is 18.2 Å². The number of ether oxygens (including phenoxy) is 2. The number of nitrogen functional groups attached to an aromatic ring is 1. The van der Waals surface area contributed by atoms with Gasteiger partial charge >= 0.3 is 5.97 Å². The minimum absolute atomic E-state index is 0.143. The van der Waals surface area contributed by atoms with E-state index in [1.54, 1.807) is 36.7 Å². The van der Waals surface area contributed by atoms with Crippen LogP contribution < -0.4 is 10.5 Å². The summed E-state index contributed by atoms with van der Waals surface area (Å²) < 4.78 is 10.3. The zero-order valence-electron chi connectivity index (χ0n) is 10.5. The molecule has 0 amide bonds. The summed E-state index contributed by atoms with van der Waals surface area (Å²) in [6, 6.07) is 8.61. The molecule has 5 nitrogen and oxygen atoms in total. The molecule has 5 heteroatoms. The molecule has 0 bridgehead atoms. The number of carbonyl (C=O) groups is 1. The van der Waals surface area contributed by atoms with Gasteiger partial charge < -0.3 is 15.2 Å². The minimum atomic E-state index is -0.515. The van der Waals surface area contributed by atoms with E-state index in [0.717, 1.165) is 5.56 Å². The highest BCUT2D eigenvalue weighted by Crippen LogP contribution is 2.25. The van der Waals surface area contributed by atoms with E-state index in [1.807, 2.05) is 6.07 Å². The highest BCUT2D eigenvalue weighted by Gasteiger charge is 2.17. The number of esters is 1. The molecule has 2 N–H and O–H groups in total. The monoisotopic (exact) mass is 258 g/mol. The molecule has 2 rings (SSSR count). The maximum atomic E-state index is 12.0. The van der Waals surface area contributed by atoms with Crippen molar-refractivity contribution < 1.29 is 14.3 Å². The molecule has 98 valence electrons. The zero-order chi connectivity index (χ0) is 13.7. The number of pyridine rings is 1. The van der Waals surface area contributed by atoms with Crippen LogP contribution in [0.25, 0.3) is 0 Å². The third-order valence-corrected chi connectivity index (χ3v) is 2.58. The minimum Gasteiger partial charge on any atom is -0.496 e. The first-order chi connectivity index (χ1) is 9.22. The van der Waals surface area contributed by atoms with Crippen LogP contribution >= 0.6 is 0 Å². The van der Waals surface area contributed by atoms with Gasteiger partial charge in [-0.2, -0.15) is 0 Å². The van der Waals surface area contributed by atoms with Crippen LogP contribution in [0.5, 0.6) is 5.75 Å². The van der Waals surface area contributed by atoms with Crippen LogP contribution in [0.15, 0.2) is 42.7 Å². The van der Waals surface area contributed by atoms with Gasteiger partial charge in [0.05, 0.1) is 7.11 Å². The predicted molar refractivity (Wildman–Crippen MR) is 70.8 cm³/mol. The van der Waals surface area contributed by atoms with Gasteiger partial charge in [-0.25, -0.2) is 4.79 Å². The molecule has 1 heterocycles. The number of anilines is 1. The number of aromatic nitrogens is 1. The van der Waals surface area contributed by atoms with Crippen molar-refractivity contribution in [3.63, 3.8) is 0 Å². The molecule has 1 aromatic carbocycles. The third kappa shape index (κ3) is 3.01. The second-order valence-corrected chi connectivity index (χ2v) is 3.86. The standard InChI is InChI=1S/C14H14N2O3/c1-18-12-6-2-5-11(15)13(12)14(17)19-9-10-4-3-7-16-8-10/h2-8H,9,15H2,1H3. The van der Waals surface area contributed by atoms with Crippen LogP contribution in [0.4, 0.5) is 5.69 Å². The second kappa shape index (κ2) is 5.86. The Morgan fingerprint density at radius 2 is 2.16 bits per heavy atom. The van der Waals surface area contributed by atoms with Crippen molar-refractivity contribution in [2.75, 3.05) is 12.8 Å². The van der Waals surface area contributed by atoms with E-state index in [2.05, 4.69) is 4.98 Å². The normalized spacial score (nSPS) is 9.95. The van der Waals surface area contributed by atoms with Crippen LogP contribution in [-0.4, -0.2) is 18.1 Å². The summed E-state index contributed by atoms with van der Waals surface area (Å²) in [5.41, 5.74) is 7.16. The molecule has 0 saturated heterocycles. The Balaban J connectivity index is 2.12. The molecule has 0 aliphatic rings. The van der Waals surface area contributed by atoms with Gasteiger partial charge in [0.1, 0.15) is 17.9 Å². The van der Waals surface area contributed by atoms with E-state index in [0.29, 0.717) is 11.4 Å². The van der Waals surface area contributed by atoms with Crippen molar-refractivity contribution in [1.82, 2.24) is 4.98 Å². The molecule has 0 unspecified atom stereocenters. The lowest BCUT2D eigenvalue weighted by Gasteiger charge is -2.10. The largest absolute Gasteiger partial charge is 0.496 e. The van der Waals surface area contributed by atoms with E-state index in [1.165, 1.54) is 7.11 Å². The first-order valence-corrected chi connectivity index (χ1v) is 5.71. The molecular formula is C14H14N2O3. The number of rotatable bonds is 4. The quantitative estimate of drug-likeness (QED) is 0.671. The Bertz CT molecular complexity index is 570. The number of nitrogens with two attached hydrogens (primary N) is 1. The molecule has 0 aliphatic carbocycles. The van der Waals surface area contributed by atoms with Crippen LogP contribution in [0.2, 0.25) is 0 Å². The summed E-state index contributed by atoms with van der Waals surface area (Å²) in [4.78, 5) is 16.0. The summed E-state index contributed by atoms with van der Waals surface area (Å²) in [6.45, 7) is 0.143. The first kappa shape index (κ1) is 12.9. The average molecular weight is 258 g/mol. The van der Waals surface area contributed by atoms with Gasteiger partial charge in [-0.3, -0.25) is 4.98 Å². The summed E-state index contributed by atoms with van der Waals surface area (Å²) in [5, 5.41) is 0. The number of hydrogen-bond acceptors (Lipinski definition) is 5. The molecule has 0 aliphatic heterocycles. The maximum Gasteiger partial charge on any atom is 0.344 e. The van der Waals surface area contributed by atoms with E-state index in [4.69, 9.17) is 15.2 Å². The highest BCUT2D eigenvalue weighted by atomic mass is 16.5. The lowest BCUT2D eigenvalue weighted by atomic mass is 10.1. The molecule has 0 radical (unpaired) electrons. The average Bonchev–Trinajstić information content (AvgIpc) is 2.45. The SMILES string of the molecule is COc1cccc(N)c1C(=O)OCc1cccnc1. The number of methoxy groups -OCH3 is 1. The van der Waals surface area contributed by atoms with Gasteiger partial charge in [-0.1, -0.05) is 12.1 Å². The molecule has 0 atom stereocenters. The van der Waals surface area contributed by atoms with Crippen LogP contribution in [0.1, 0.15) is 15.9 Å². The Morgan fingerprint density at radius 3 is 2.84 bits per heavy atom. The van der Waals surface area contributed by atoms with Gasteiger partial charge in [-0.15, -0.1) is 0 Å². The molecule has 0 spiro atoms. The Kier molecular flexibility index (Phi) is 3.97. The number of nitrogens with zero attached hydrogens (tertiary/aromatic N) is 1. The van der Waals surface area contributed by atoms with Crippen LogP contribution in [0, 0.1) is 0 Å². The lowest BCUT2D eigenvalue weighted by molar-refractivity contribution is 0.0470. The Morgan fingerprint density at radius 1 is 1.32 bits per heavy atom. The Labute approximate surface area is 111 Å². The molecular weight excluding hydrogens is 244 g/mol. The summed E-state index contributed by atoms with van der Waals surface area (Å²) in [7, 11) is 1.48. The fourth-order valence-corrected chi connectivity index (χ4v) is 1.64. The molecule has 1 aromatic heterocycles. The topological polar surface area (TPSA) is 74.4 Å². The van der Waals surface area contributed by atoms with Crippen LogP contribution in [0.3, 0.4) is 0 Å². The number of benzene rings is 1. The first-order valence-electron chi connectivity index (χ1n) is 5.71. The third-order valence-electron chi connectivity index (χ3n) is 2.58. The van der Waals surface area contributed by atoms with E-state index < -0.39 is 5.97 Å². The van der Waals surface area contributed by atoms with E-state index >= 15 is 0 Å². The maximum absolute atomic E-state index is 12.0.